The molecule has 1 fully saturated rings. The second-order valence-corrected chi connectivity index (χ2v) is 6.68. The molecule has 0 bridgehead atoms. The Labute approximate surface area is 125 Å². The van der Waals surface area contributed by atoms with E-state index in [0.717, 1.165) is 35.7 Å². The molecular formula is C14H15NO3S2. The number of hydrogen-bond donors (Lipinski definition) is 0. The van der Waals surface area contributed by atoms with Gasteiger partial charge in [-0.1, -0.05) is 0 Å². The molecule has 106 valence electrons. The Morgan fingerprint density at radius 2 is 2.30 bits per heavy atom. The summed E-state index contributed by atoms with van der Waals surface area (Å²) in [5, 5.41) is 4.96. The number of esters is 1. The van der Waals surface area contributed by atoms with Gasteiger partial charge >= 0.3 is 5.97 Å². The topological polar surface area (TPSA) is 48.4 Å². The second kappa shape index (κ2) is 5.27. The third-order valence-electron chi connectivity index (χ3n) is 3.46. The number of thiophene rings is 1. The molecule has 0 amide bonds. The first kappa shape index (κ1) is 13.7. The van der Waals surface area contributed by atoms with Gasteiger partial charge in [-0.15, -0.1) is 22.7 Å². The molecule has 0 saturated carbocycles. The Bertz CT molecular complexity index is 626. The number of thiazole rings is 1. The van der Waals surface area contributed by atoms with Gasteiger partial charge in [0.25, 0.3) is 0 Å². The normalized spacial score (nSPS) is 22.1. The molecule has 0 aliphatic carbocycles. The van der Waals surface area contributed by atoms with Crippen LogP contribution in [0.25, 0.3) is 11.3 Å². The van der Waals surface area contributed by atoms with Crippen molar-refractivity contribution in [3.63, 3.8) is 0 Å². The average molecular weight is 309 g/mol. The van der Waals surface area contributed by atoms with E-state index in [9.17, 15) is 4.79 Å². The lowest BCUT2D eigenvalue weighted by molar-refractivity contribution is 0.0167. The van der Waals surface area contributed by atoms with Crippen LogP contribution in [0.3, 0.4) is 0 Å². The highest BCUT2D eigenvalue weighted by molar-refractivity contribution is 7.12. The zero-order valence-electron chi connectivity index (χ0n) is 11.3. The van der Waals surface area contributed by atoms with Crippen molar-refractivity contribution in [2.45, 2.75) is 25.4 Å². The summed E-state index contributed by atoms with van der Waals surface area (Å²) in [5.41, 5.74) is 1.61. The maximum absolute atomic E-state index is 11.5. The first-order valence-electron chi connectivity index (χ1n) is 6.39. The van der Waals surface area contributed by atoms with Gasteiger partial charge in [-0.25, -0.2) is 9.78 Å². The highest BCUT2D eigenvalue weighted by Gasteiger charge is 2.34. The van der Waals surface area contributed by atoms with Crippen LogP contribution in [-0.4, -0.2) is 24.7 Å². The molecule has 20 heavy (non-hydrogen) atoms. The first-order valence-corrected chi connectivity index (χ1v) is 8.15. The summed E-state index contributed by atoms with van der Waals surface area (Å²) in [5.74, 6) is -0.303. The fraction of sp³-hybridized carbons (Fsp3) is 0.429. The van der Waals surface area contributed by atoms with Crippen molar-refractivity contribution in [1.29, 1.82) is 0 Å². The molecule has 0 aromatic carbocycles. The van der Waals surface area contributed by atoms with Gasteiger partial charge in [-0.3, -0.25) is 0 Å². The Morgan fingerprint density at radius 1 is 1.45 bits per heavy atom. The fourth-order valence-electron chi connectivity index (χ4n) is 2.28. The SMILES string of the molecule is COC(=O)c1cc(-c2csc(C3(C)CCCO3)n2)cs1. The van der Waals surface area contributed by atoms with Gasteiger partial charge in [0.05, 0.1) is 12.8 Å². The number of carbonyl (C=O) groups excluding carboxylic acids is 1. The van der Waals surface area contributed by atoms with Crippen molar-refractivity contribution in [3.05, 3.63) is 26.7 Å². The van der Waals surface area contributed by atoms with Crippen molar-refractivity contribution in [3.8, 4) is 11.3 Å². The van der Waals surface area contributed by atoms with E-state index in [1.807, 2.05) is 16.8 Å². The summed E-state index contributed by atoms with van der Waals surface area (Å²) >= 11 is 2.99. The fourth-order valence-corrected chi connectivity index (χ4v) is 4.07. The minimum atomic E-state index is -0.303. The van der Waals surface area contributed by atoms with Crippen molar-refractivity contribution < 1.29 is 14.3 Å². The lowest BCUT2D eigenvalue weighted by Crippen LogP contribution is -2.19. The lowest BCUT2D eigenvalue weighted by atomic mass is 10.0. The Kier molecular flexibility index (Phi) is 3.62. The van der Waals surface area contributed by atoms with Crippen LogP contribution >= 0.6 is 22.7 Å². The number of hydrogen-bond acceptors (Lipinski definition) is 6. The maximum atomic E-state index is 11.5. The van der Waals surface area contributed by atoms with Crippen LogP contribution < -0.4 is 0 Å². The quantitative estimate of drug-likeness (QED) is 0.811. The lowest BCUT2D eigenvalue weighted by Gasteiger charge is -2.19. The van der Waals surface area contributed by atoms with E-state index >= 15 is 0 Å². The predicted octanol–water partition coefficient (Wildman–Crippen LogP) is 3.68. The molecule has 3 rings (SSSR count). The molecule has 1 unspecified atom stereocenters. The van der Waals surface area contributed by atoms with Gasteiger partial charge in [0, 0.05) is 22.9 Å². The number of rotatable bonds is 3. The summed E-state index contributed by atoms with van der Waals surface area (Å²) < 4.78 is 10.5. The molecule has 3 heterocycles. The van der Waals surface area contributed by atoms with Crippen molar-refractivity contribution in [2.24, 2.45) is 0 Å². The minimum absolute atomic E-state index is 0.246. The number of methoxy groups -OCH3 is 1. The number of nitrogens with zero attached hydrogens (tertiary/aromatic N) is 1. The van der Waals surface area contributed by atoms with E-state index in [0.29, 0.717) is 4.88 Å². The molecule has 1 aliphatic heterocycles. The Morgan fingerprint density at radius 3 is 3.00 bits per heavy atom. The first-order chi connectivity index (χ1) is 9.62. The number of carbonyl (C=O) groups is 1. The monoisotopic (exact) mass is 309 g/mol. The van der Waals surface area contributed by atoms with Crippen LogP contribution in [0.5, 0.6) is 0 Å². The van der Waals surface area contributed by atoms with Gasteiger partial charge in [0.15, 0.2) is 0 Å². The molecule has 1 aliphatic rings. The molecule has 0 spiro atoms. The van der Waals surface area contributed by atoms with Crippen LogP contribution in [0.1, 0.15) is 34.4 Å². The highest BCUT2D eigenvalue weighted by Crippen LogP contribution is 2.39. The number of ether oxygens (including phenoxy) is 2. The average Bonchev–Trinajstić information content (AvgIpc) is 3.17. The van der Waals surface area contributed by atoms with E-state index < -0.39 is 0 Å². The highest BCUT2D eigenvalue weighted by atomic mass is 32.1. The summed E-state index contributed by atoms with van der Waals surface area (Å²) in [4.78, 5) is 16.8. The van der Waals surface area contributed by atoms with Crippen LogP contribution in [0.15, 0.2) is 16.8 Å². The van der Waals surface area contributed by atoms with Crippen molar-refractivity contribution in [1.82, 2.24) is 4.98 Å². The molecule has 2 aromatic heterocycles. The van der Waals surface area contributed by atoms with Crippen LogP contribution in [0, 0.1) is 0 Å². The summed E-state index contributed by atoms with van der Waals surface area (Å²) in [6.45, 7) is 2.90. The molecule has 6 heteroatoms. The second-order valence-electron chi connectivity index (χ2n) is 4.91. The predicted molar refractivity (Wildman–Crippen MR) is 79.3 cm³/mol. The largest absolute Gasteiger partial charge is 0.465 e. The maximum Gasteiger partial charge on any atom is 0.348 e. The Balaban J connectivity index is 1.86. The number of aromatic nitrogens is 1. The van der Waals surface area contributed by atoms with E-state index in [1.54, 1.807) is 11.3 Å². The molecular weight excluding hydrogens is 294 g/mol. The van der Waals surface area contributed by atoms with Crippen LogP contribution in [0.4, 0.5) is 0 Å². The van der Waals surface area contributed by atoms with E-state index in [-0.39, 0.29) is 11.6 Å². The summed E-state index contributed by atoms with van der Waals surface area (Å²) in [6, 6.07) is 1.83. The zero-order chi connectivity index (χ0) is 14.2. The Hall–Kier alpha value is -1.24. The standard InChI is InChI=1S/C14H15NO3S2/c1-14(4-3-5-18-14)13-15-10(8-20-13)9-6-11(19-7-9)12(16)17-2/h6-8H,3-5H2,1-2H3. The molecule has 0 radical (unpaired) electrons. The zero-order valence-corrected chi connectivity index (χ0v) is 13.0. The summed E-state index contributed by atoms with van der Waals surface area (Å²) in [7, 11) is 1.39. The minimum Gasteiger partial charge on any atom is -0.465 e. The van der Waals surface area contributed by atoms with Gasteiger partial charge in [0.2, 0.25) is 0 Å². The van der Waals surface area contributed by atoms with E-state index in [1.165, 1.54) is 18.4 Å². The molecule has 2 aromatic rings. The van der Waals surface area contributed by atoms with Gasteiger partial charge in [0.1, 0.15) is 15.5 Å². The van der Waals surface area contributed by atoms with Gasteiger partial charge < -0.3 is 9.47 Å². The third kappa shape index (κ3) is 2.39. The smallest absolute Gasteiger partial charge is 0.348 e. The third-order valence-corrected chi connectivity index (χ3v) is 5.45. The van der Waals surface area contributed by atoms with Crippen molar-refractivity contribution in [2.75, 3.05) is 13.7 Å². The summed E-state index contributed by atoms with van der Waals surface area (Å²) in [6.07, 6.45) is 2.09. The van der Waals surface area contributed by atoms with Crippen LogP contribution in [0.2, 0.25) is 0 Å². The van der Waals surface area contributed by atoms with E-state index in [2.05, 4.69) is 11.9 Å². The molecule has 1 atom stereocenters. The molecule has 0 N–H and O–H groups in total. The van der Waals surface area contributed by atoms with Gasteiger partial charge in [-0.2, -0.15) is 0 Å². The molecule has 4 nitrogen and oxygen atoms in total. The molecule has 1 saturated heterocycles. The van der Waals surface area contributed by atoms with Crippen molar-refractivity contribution >= 4 is 28.6 Å². The van der Waals surface area contributed by atoms with Gasteiger partial charge in [-0.05, 0) is 25.8 Å². The van der Waals surface area contributed by atoms with Crippen LogP contribution in [-0.2, 0) is 15.1 Å². The van der Waals surface area contributed by atoms with E-state index in [4.69, 9.17) is 9.47 Å².